The van der Waals surface area contributed by atoms with E-state index < -0.39 is 0 Å². The average molecular weight is 242 g/mol. The van der Waals surface area contributed by atoms with Crippen LogP contribution in [0.2, 0.25) is 0 Å². The molecule has 0 spiro atoms. The number of hydrogen-bond donors (Lipinski definition) is 1. The molecular weight excluding hydrogens is 208 g/mol. The Hall–Kier alpha value is -0.0800. The van der Waals surface area contributed by atoms with Crippen molar-refractivity contribution in [3.05, 3.63) is 0 Å². The van der Waals surface area contributed by atoms with Gasteiger partial charge in [-0.15, -0.1) is 0 Å². The molecule has 2 heteroatoms. The van der Waals surface area contributed by atoms with E-state index in [-0.39, 0.29) is 0 Å². The van der Waals surface area contributed by atoms with E-state index in [0.717, 1.165) is 12.5 Å². The second-order valence-corrected chi connectivity index (χ2v) is 5.85. The minimum atomic E-state index is 0.611. The zero-order valence-corrected chi connectivity index (χ0v) is 13.1. The summed E-state index contributed by atoms with van der Waals surface area (Å²) in [6.45, 7) is 15.0. The molecule has 3 atom stereocenters. The van der Waals surface area contributed by atoms with Gasteiger partial charge in [0, 0.05) is 18.1 Å². The Morgan fingerprint density at radius 2 is 1.65 bits per heavy atom. The number of nitrogens with zero attached hydrogens (tertiary/aromatic N) is 1. The highest BCUT2D eigenvalue weighted by atomic mass is 15.2. The van der Waals surface area contributed by atoms with E-state index in [2.05, 4.69) is 58.8 Å². The van der Waals surface area contributed by atoms with Crippen LogP contribution in [0.25, 0.3) is 0 Å². The molecule has 0 aromatic rings. The molecule has 104 valence electrons. The van der Waals surface area contributed by atoms with Crippen LogP contribution in [0.4, 0.5) is 0 Å². The third-order valence-corrected chi connectivity index (χ3v) is 3.83. The molecule has 1 N–H and O–H groups in total. The second kappa shape index (κ2) is 8.93. The Balaban J connectivity index is 4.27. The Bertz CT molecular complexity index is 180. The van der Waals surface area contributed by atoms with E-state index >= 15 is 0 Å². The zero-order valence-electron chi connectivity index (χ0n) is 13.1. The minimum absolute atomic E-state index is 0.611. The highest BCUT2D eigenvalue weighted by molar-refractivity contribution is 4.81. The van der Waals surface area contributed by atoms with Crippen LogP contribution in [0.3, 0.4) is 0 Å². The average Bonchev–Trinajstić information content (AvgIpc) is 2.27. The van der Waals surface area contributed by atoms with Crippen molar-refractivity contribution in [2.24, 2.45) is 5.92 Å². The molecular formula is C15H34N2. The van der Waals surface area contributed by atoms with Gasteiger partial charge in [-0.1, -0.05) is 27.7 Å². The summed E-state index contributed by atoms with van der Waals surface area (Å²) in [4.78, 5) is 2.54. The molecule has 0 aliphatic rings. The lowest BCUT2D eigenvalue weighted by Crippen LogP contribution is -2.50. The van der Waals surface area contributed by atoms with Crippen LogP contribution in [0.5, 0.6) is 0 Å². The number of likely N-dealkylation sites (N-methyl/N-ethyl adjacent to an activating group) is 1. The molecule has 0 aliphatic carbocycles. The summed E-state index contributed by atoms with van der Waals surface area (Å²) in [5.41, 5.74) is 0. The number of nitrogens with one attached hydrogen (secondary N) is 1. The summed E-state index contributed by atoms with van der Waals surface area (Å²) < 4.78 is 0. The van der Waals surface area contributed by atoms with Gasteiger partial charge in [0.25, 0.3) is 0 Å². The van der Waals surface area contributed by atoms with Crippen molar-refractivity contribution in [3.8, 4) is 0 Å². The van der Waals surface area contributed by atoms with E-state index in [4.69, 9.17) is 0 Å². The first kappa shape index (κ1) is 16.9. The Kier molecular flexibility index (Phi) is 8.89. The normalized spacial score (nSPS) is 17.5. The van der Waals surface area contributed by atoms with E-state index in [1.807, 2.05) is 0 Å². The highest BCUT2D eigenvalue weighted by Crippen LogP contribution is 2.15. The standard InChI is InChI=1S/C15H34N2/c1-8-10-16-15(9-2)14(6)17(7)13(5)11-12(3)4/h12-16H,8-11H2,1-7H3. The van der Waals surface area contributed by atoms with Crippen molar-refractivity contribution < 1.29 is 0 Å². The van der Waals surface area contributed by atoms with Crippen molar-refractivity contribution in [3.63, 3.8) is 0 Å². The van der Waals surface area contributed by atoms with Gasteiger partial charge in [-0.05, 0) is 52.6 Å². The van der Waals surface area contributed by atoms with Gasteiger partial charge >= 0.3 is 0 Å². The van der Waals surface area contributed by atoms with Crippen LogP contribution in [0.15, 0.2) is 0 Å². The van der Waals surface area contributed by atoms with Gasteiger partial charge in [-0.25, -0.2) is 0 Å². The van der Waals surface area contributed by atoms with Crippen molar-refractivity contribution in [1.82, 2.24) is 10.2 Å². The van der Waals surface area contributed by atoms with E-state index in [9.17, 15) is 0 Å². The van der Waals surface area contributed by atoms with Crippen molar-refractivity contribution >= 4 is 0 Å². The Labute approximate surface area is 109 Å². The van der Waals surface area contributed by atoms with Gasteiger partial charge in [0.1, 0.15) is 0 Å². The van der Waals surface area contributed by atoms with E-state index in [1.54, 1.807) is 0 Å². The van der Waals surface area contributed by atoms with Crippen LogP contribution in [-0.4, -0.2) is 36.6 Å². The fraction of sp³-hybridized carbons (Fsp3) is 1.00. The maximum absolute atomic E-state index is 3.67. The lowest BCUT2D eigenvalue weighted by atomic mass is 9.99. The summed E-state index contributed by atoms with van der Waals surface area (Å²) in [5, 5.41) is 3.67. The summed E-state index contributed by atoms with van der Waals surface area (Å²) >= 11 is 0. The lowest BCUT2D eigenvalue weighted by molar-refractivity contribution is 0.141. The SMILES string of the molecule is CCCNC(CC)C(C)N(C)C(C)CC(C)C. The fourth-order valence-electron chi connectivity index (χ4n) is 2.52. The van der Waals surface area contributed by atoms with Crippen LogP contribution in [-0.2, 0) is 0 Å². The third kappa shape index (κ3) is 6.42. The molecule has 0 rings (SSSR count). The van der Waals surface area contributed by atoms with Crippen LogP contribution >= 0.6 is 0 Å². The predicted octanol–water partition coefficient (Wildman–Crippen LogP) is 3.52. The molecule has 3 unspecified atom stereocenters. The summed E-state index contributed by atoms with van der Waals surface area (Å²) in [6.07, 6.45) is 3.71. The summed E-state index contributed by atoms with van der Waals surface area (Å²) in [7, 11) is 2.27. The maximum Gasteiger partial charge on any atom is 0.0220 e. The molecule has 0 aromatic heterocycles. The van der Waals surface area contributed by atoms with Gasteiger partial charge in [-0.3, -0.25) is 4.90 Å². The topological polar surface area (TPSA) is 15.3 Å². The Morgan fingerprint density at radius 1 is 1.06 bits per heavy atom. The van der Waals surface area contributed by atoms with Gasteiger partial charge in [0.15, 0.2) is 0 Å². The van der Waals surface area contributed by atoms with Crippen molar-refractivity contribution in [2.45, 2.75) is 78.9 Å². The summed E-state index contributed by atoms with van der Waals surface area (Å²) in [6, 6.07) is 1.90. The number of rotatable bonds is 9. The molecule has 17 heavy (non-hydrogen) atoms. The molecule has 0 amide bonds. The minimum Gasteiger partial charge on any atom is -0.312 e. The fourth-order valence-corrected chi connectivity index (χ4v) is 2.52. The predicted molar refractivity (Wildman–Crippen MR) is 78.5 cm³/mol. The lowest BCUT2D eigenvalue weighted by Gasteiger charge is -2.37. The molecule has 0 bridgehead atoms. The van der Waals surface area contributed by atoms with Gasteiger partial charge in [-0.2, -0.15) is 0 Å². The third-order valence-electron chi connectivity index (χ3n) is 3.83. The first-order chi connectivity index (χ1) is 7.93. The van der Waals surface area contributed by atoms with Gasteiger partial charge in [0.05, 0.1) is 0 Å². The Morgan fingerprint density at radius 3 is 2.06 bits per heavy atom. The summed E-state index contributed by atoms with van der Waals surface area (Å²) in [5.74, 6) is 0.781. The highest BCUT2D eigenvalue weighted by Gasteiger charge is 2.22. The first-order valence-corrected chi connectivity index (χ1v) is 7.39. The molecule has 0 saturated carbocycles. The maximum atomic E-state index is 3.67. The van der Waals surface area contributed by atoms with Crippen LogP contribution in [0, 0.1) is 5.92 Å². The molecule has 0 fully saturated rings. The van der Waals surface area contributed by atoms with Gasteiger partial charge in [0.2, 0.25) is 0 Å². The monoisotopic (exact) mass is 242 g/mol. The van der Waals surface area contributed by atoms with Crippen molar-refractivity contribution in [2.75, 3.05) is 13.6 Å². The molecule has 2 nitrogen and oxygen atoms in total. The van der Waals surface area contributed by atoms with E-state index in [0.29, 0.717) is 18.1 Å². The zero-order chi connectivity index (χ0) is 13.4. The van der Waals surface area contributed by atoms with Crippen molar-refractivity contribution in [1.29, 1.82) is 0 Å². The molecule has 0 saturated heterocycles. The van der Waals surface area contributed by atoms with Crippen LogP contribution in [0.1, 0.15) is 60.8 Å². The van der Waals surface area contributed by atoms with Gasteiger partial charge < -0.3 is 5.32 Å². The molecule has 0 aromatic carbocycles. The molecule has 0 aliphatic heterocycles. The van der Waals surface area contributed by atoms with E-state index in [1.165, 1.54) is 19.3 Å². The smallest absolute Gasteiger partial charge is 0.0220 e. The molecule has 0 heterocycles. The number of hydrogen-bond acceptors (Lipinski definition) is 2. The van der Waals surface area contributed by atoms with Crippen LogP contribution < -0.4 is 5.32 Å². The quantitative estimate of drug-likeness (QED) is 0.665. The molecule has 0 radical (unpaired) electrons. The largest absolute Gasteiger partial charge is 0.312 e. The first-order valence-electron chi connectivity index (χ1n) is 7.39. The second-order valence-electron chi connectivity index (χ2n) is 5.85.